The molecule has 0 bridgehead atoms. The third-order valence-electron chi connectivity index (χ3n) is 4.07. The first kappa shape index (κ1) is 19.6. The molecule has 10 heteroatoms. The Labute approximate surface area is 157 Å². The fourth-order valence-electron chi connectivity index (χ4n) is 2.76. The molecular formula is C18H17F4N5O. The normalized spacial score (nSPS) is 12.8. The highest BCUT2D eigenvalue weighted by Crippen LogP contribution is 2.33. The van der Waals surface area contributed by atoms with Gasteiger partial charge < -0.3 is 10.6 Å². The summed E-state index contributed by atoms with van der Waals surface area (Å²) in [5.41, 5.74) is 0.314. The van der Waals surface area contributed by atoms with Crippen LogP contribution < -0.4 is 10.6 Å². The van der Waals surface area contributed by atoms with Crippen LogP contribution in [0.2, 0.25) is 0 Å². The summed E-state index contributed by atoms with van der Waals surface area (Å²) in [4.78, 5) is 20.8. The van der Waals surface area contributed by atoms with Crippen LogP contribution in [0, 0.1) is 12.7 Å². The highest BCUT2D eigenvalue weighted by molar-refractivity contribution is 5.98. The van der Waals surface area contributed by atoms with Gasteiger partial charge in [0.1, 0.15) is 18.0 Å². The minimum absolute atomic E-state index is 0.133. The van der Waals surface area contributed by atoms with Crippen molar-refractivity contribution in [1.29, 1.82) is 0 Å². The number of imidazole rings is 1. The van der Waals surface area contributed by atoms with Crippen LogP contribution in [0.5, 0.6) is 0 Å². The number of rotatable bonds is 5. The molecule has 6 nitrogen and oxygen atoms in total. The number of halogens is 4. The van der Waals surface area contributed by atoms with Crippen LogP contribution in [0.25, 0.3) is 5.65 Å². The summed E-state index contributed by atoms with van der Waals surface area (Å²) in [5, 5.41) is 4.93. The number of fused-ring (bicyclic) bond motifs is 1. The SMILES string of the molecule is CCNc1cc(C)n2cnc(C(=O)NC(c3ccc(F)cc3)C(F)(F)F)c2n1. The summed E-state index contributed by atoms with van der Waals surface area (Å²) in [6.45, 7) is 4.21. The maximum absolute atomic E-state index is 13.5. The number of alkyl halides is 3. The Bertz CT molecular complexity index is 998. The molecule has 0 fully saturated rings. The largest absolute Gasteiger partial charge is 0.412 e. The van der Waals surface area contributed by atoms with Crippen molar-refractivity contribution in [1.82, 2.24) is 19.7 Å². The van der Waals surface area contributed by atoms with Crippen molar-refractivity contribution >= 4 is 17.4 Å². The lowest BCUT2D eigenvalue weighted by Crippen LogP contribution is -2.38. The van der Waals surface area contributed by atoms with Crippen molar-refractivity contribution < 1.29 is 22.4 Å². The smallest absolute Gasteiger partial charge is 0.370 e. The number of hydrogen-bond acceptors (Lipinski definition) is 4. The molecule has 0 radical (unpaired) electrons. The van der Waals surface area contributed by atoms with Crippen LogP contribution >= 0.6 is 0 Å². The number of anilines is 1. The molecule has 1 amide bonds. The molecule has 1 aromatic carbocycles. The minimum Gasteiger partial charge on any atom is -0.370 e. The number of carbonyl (C=O) groups excluding carboxylic acids is 1. The van der Waals surface area contributed by atoms with Gasteiger partial charge in [-0.15, -0.1) is 0 Å². The molecule has 0 saturated heterocycles. The third kappa shape index (κ3) is 3.90. The van der Waals surface area contributed by atoms with E-state index in [0.717, 1.165) is 24.3 Å². The fourth-order valence-corrected chi connectivity index (χ4v) is 2.76. The monoisotopic (exact) mass is 395 g/mol. The van der Waals surface area contributed by atoms with Crippen LogP contribution in [0.3, 0.4) is 0 Å². The van der Waals surface area contributed by atoms with E-state index in [4.69, 9.17) is 0 Å². The third-order valence-corrected chi connectivity index (χ3v) is 4.07. The van der Waals surface area contributed by atoms with Gasteiger partial charge in [-0.2, -0.15) is 13.2 Å². The first-order valence-electron chi connectivity index (χ1n) is 8.42. The predicted molar refractivity (Wildman–Crippen MR) is 94.5 cm³/mol. The molecule has 2 N–H and O–H groups in total. The number of aryl methyl sites for hydroxylation is 1. The Kier molecular flexibility index (Phi) is 5.21. The molecule has 0 aliphatic rings. The van der Waals surface area contributed by atoms with E-state index < -0.39 is 23.9 Å². The lowest BCUT2D eigenvalue weighted by molar-refractivity contribution is -0.155. The average Bonchev–Trinajstić information content (AvgIpc) is 3.04. The Morgan fingerprint density at radius 3 is 2.54 bits per heavy atom. The topological polar surface area (TPSA) is 71.3 Å². The highest BCUT2D eigenvalue weighted by atomic mass is 19.4. The van der Waals surface area contributed by atoms with Gasteiger partial charge >= 0.3 is 6.18 Å². The minimum atomic E-state index is -4.78. The zero-order valence-electron chi connectivity index (χ0n) is 15.0. The van der Waals surface area contributed by atoms with Gasteiger partial charge in [0, 0.05) is 18.3 Å². The molecular weight excluding hydrogens is 378 g/mol. The molecule has 0 spiro atoms. The number of nitrogens with one attached hydrogen (secondary N) is 2. The molecule has 3 rings (SSSR count). The summed E-state index contributed by atoms with van der Waals surface area (Å²) >= 11 is 0. The quantitative estimate of drug-likeness (QED) is 0.647. The summed E-state index contributed by atoms with van der Waals surface area (Å²) < 4.78 is 55.0. The lowest BCUT2D eigenvalue weighted by atomic mass is 10.1. The number of carbonyl (C=O) groups is 1. The van der Waals surface area contributed by atoms with Gasteiger partial charge in [-0.3, -0.25) is 9.20 Å². The molecule has 28 heavy (non-hydrogen) atoms. The Morgan fingerprint density at radius 2 is 1.93 bits per heavy atom. The van der Waals surface area contributed by atoms with Crippen molar-refractivity contribution in [2.75, 3.05) is 11.9 Å². The zero-order valence-corrected chi connectivity index (χ0v) is 15.0. The van der Waals surface area contributed by atoms with Gasteiger partial charge in [0.15, 0.2) is 17.4 Å². The van der Waals surface area contributed by atoms with E-state index in [0.29, 0.717) is 18.1 Å². The van der Waals surface area contributed by atoms with E-state index in [1.165, 1.54) is 10.7 Å². The van der Waals surface area contributed by atoms with Crippen LogP contribution in [0.15, 0.2) is 36.7 Å². The summed E-state index contributed by atoms with van der Waals surface area (Å²) in [6.07, 6.45) is -3.45. The molecule has 1 unspecified atom stereocenters. The molecule has 2 aromatic heterocycles. The van der Waals surface area contributed by atoms with E-state index in [2.05, 4.69) is 15.3 Å². The number of hydrogen-bond donors (Lipinski definition) is 2. The van der Waals surface area contributed by atoms with Crippen LogP contribution in [0.4, 0.5) is 23.4 Å². The van der Waals surface area contributed by atoms with Crippen molar-refractivity contribution in [3.05, 3.63) is 59.4 Å². The molecule has 148 valence electrons. The maximum Gasteiger partial charge on any atom is 0.412 e. The van der Waals surface area contributed by atoms with Crippen molar-refractivity contribution in [3.63, 3.8) is 0 Å². The summed E-state index contributed by atoms with van der Waals surface area (Å²) in [7, 11) is 0. The summed E-state index contributed by atoms with van der Waals surface area (Å²) in [5.74, 6) is -1.23. The molecule has 0 aliphatic heterocycles. The fraction of sp³-hybridized carbons (Fsp3) is 0.278. The predicted octanol–water partition coefficient (Wildman–Crippen LogP) is 3.64. The van der Waals surface area contributed by atoms with E-state index in [-0.39, 0.29) is 16.9 Å². The zero-order chi connectivity index (χ0) is 20.5. The number of amides is 1. The second kappa shape index (κ2) is 7.45. The number of aromatic nitrogens is 3. The Morgan fingerprint density at radius 1 is 1.25 bits per heavy atom. The summed E-state index contributed by atoms with van der Waals surface area (Å²) in [6, 6.07) is 3.18. The molecule has 0 aliphatic carbocycles. The van der Waals surface area contributed by atoms with E-state index in [1.54, 1.807) is 13.0 Å². The van der Waals surface area contributed by atoms with Crippen LogP contribution in [-0.2, 0) is 0 Å². The first-order valence-corrected chi connectivity index (χ1v) is 8.42. The Balaban J connectivity index is 1.97. The Hall–Kier alpha value is -3.17. The van der Waals surface area contributed by atoms with Gasteiger partial charge in [-0.1, -0.05) is 12.1 Å². The van der Waals surface area contributed by atoms with E-state index in [9.17, 15) is 22.4 Å². The second-order valence-electron chi connectivity index (χ2n) is 6.10. The molecule has 2 heterocycles. The van der Waals surface area contributed by atoms with Gasteiger partial charge in [0.2, 0.25) is 0 Å². The number of nitrogens with zero attached hydrogens (tertiary/aromatic N) is 3. The first-order chi connectivity index (χ1) is 13.2. The molecule has 3 aromatic rings. The standard InChI is InChI=1S/C18H17F4N5O/c1-3-23-13-8-10(2)27-9-24-14(16(27)25-13)17(28)26-15(18(20,21)22)11-4-6-12(19)7-5-11/h4-9,15H,3H2,1-2H3,(H,23,25)(H,26,28). The average molecular weight is 395 g/mol. The van der Waals surface area contributed by atoms with Crippen molar-refractivity contribution in [2.45, 2.75) is 26.1 Å². The van der Waals surface area contributed by atoms with Gasteiger partial charge in [0.05, 0.1) is 0 Å². The van der Waals surface area contributed by atoms with Crippen LogP contribution in [-0.4, -0.2) is 33.0 Å². The van der Waals surface area contributed by atoms with E-state index >= 15 is 0 Å². The van der Waals surface area contributed by atoms with Gasteiger partial charge in [0.25, 0.3) is 5.91 Å². The van der Waals surface area contributed by atoms with Crippen molar-refractivity contribution in [2.24, 2.45) is 0 Å². The van der Waals surface area contributed by atoms with E-state index in [1.807, 2.05) is 12.2 Å². The molecule has 0 saturated carbocycles. The number of benzene rings is 1. The van der Waals surface area contributed by atoms with Gasteiger partial charge in [-0.25, -0.2) is 14.4 Å². The van der Waals surface area contributed by atoms with Crippen LogP contribution in [0.1, 0.15) is 34.7 Å². The second-order valence-corrected chi connectivity index (χ2v) is 6.10. The maximum atomic E-state index is 13.5. The highest BCUT2D eigenvalue weighted by Gasteiger charge is 2.42. The van der Waals surface area contributed by atoms with Crippen molar-refractivity contribution in [3.8, 4) is 0 Å². The lowest BCUT2D eigenvalue weighted by Gasteiger charge is -2.21. The molecule has 1 atom stereocenters. The van der Waals surface area contributed by atoms with Gasteiger partial charge in [-0.05, 0) is 31.5 Å².